The molecular formula is C24H22N4O2. The third-order valence-electron chi connectivity index (χ3n) is 4.73. The van der Waals surface area contributed by atoms with Crippen molar-refractivity contribution in [2.45, 2.75) is 6.92 Å². The minimum atomic E-state index is -0.246. The van der Waals surface area contributed by atoms with Gasteiger partial charge in [-0.2, -0.15) is 0 Å². The summed E-state index contributed by atoms with van der Waals surface area (Å²) in [5.41, 5.74) is 5.38. The van der Waals surface area contributed by atoms with E-state index in [-0.39, 0.29) is 11.9 Å². The molecule has 0 spiro atoms. The molecule has 3 aromatic rings. The number of rotatable bonds is 5. The highest BCUT2D eigenvalue weighted by Gasteiger charge is 2.27. The molecule has 0 fully saturated rings. The number of hydrogen-bond acceptors (Lipinski definition) is 3. The number of benzene rings is 3. The molecule has 6 heteroatoms. The molecule has 0 unspecified atom stereocenters. The lowest BCUT2D eigenvalue weighted by Crippen LogP contribution is -2.28. The highest BCUT2D eigenvalue weighted by molar-refractivity contribution is 6.37. The van der Waals surface area contributed by atoms with Gasteiger partial charge in [0.05, 0.1) is 11.3 Å². The van der Waals surface area contributed by atoms with Crippen molar-refractivity contribution >= 4 is 40.3 Å². The predicted molar refractivity (Wildman–Crippen MR) is 121 cm³/mol. The molecule has 0 saturated carbocycles. The standard InChI is InChI=1S/C24H22N4O2/c1-2-25-24(30)27-18-14-12-17(13-15-18)26-22(16-8-4-3-5-9-16)21-19-10-6-7-11-20(19)28-23(21)29/h3-15,26H,2H2,1H3,(H,28,29)(H2,25,27,30). The van der Waals surface area contributed by atoms with Crippen molar-refractivity contribution < 1.29 is 9.59 Å². The Bertz CT molecular complexity index is 1110. The van der Waals surface area contributed by atoms with E-state index in [1.807, 2.05) is 85.8 Å². The third-order valence-corrected chi connectivity index (χ3v) is 4.73. The number of amides is 3. The highest BCUT2D eigenvalue weighted by atomic mass is 16.2. The van der Waals surface area contributed by atoms with Crippen molar-refractivity contribution in [3.8, 4) is 0 Å². The summed E-state index contributed by atoms with van der Waals surface area (Å²) >= 11 is 0. The maximum Gasteiger partial charge on any atom is 0.319 e. The van der Waals surface area contributed by atoms with Gasteiger partial charge in [0.15, 0.2) is 0 Å². The van der Waals surface area contributed by atoms with Crippen molar-refractivity contribution in [3.63, 3.8) is 0 Å². The van der Waals surface area contributed by atoms with Crippen LogP contribution in [0.4, 0.5) is 21.9 Å². The zero-order valence-electron chi connectivity index (χ0n) is 16.5. The van der Waals surface area contributed by atoms with Crippen LogP contribution in [0.5, 0.6) is 0 Å². The third kappa shape index (κ3) is 4.03. The van der Waals surface area contributed by atoms with Gasteiger partial charge in [-0.1, -0.05) is 48.5 Å². The highest BCUT2D eigenvalue weighted by Crippen LogP contribution is 2.37. The molecule has 150 valence electrons. The number of urea groups is 1. The first-order valence-electron chi connectivity index (χ1n) is 9.78. The number of carbonyl (C=O) groups excluding carboxylic acids is 2. The fourth-order valence-corrected chi connectivity index (χ4v) is 3.37. The summed E-state index contributed by atoms with van der Waals surface area (Å²) in [7, 11) is 0. The van der Waals surface area contributed by atoms with Gasteiger partial charge in [-0.15, -0.1) is 0 Å². The van der Waals surface area contributed by atoms with E-state index in [4.69, 9.17) is 0 Å². The molecule has 6 nitrogen and oxygen atoms in total. The van der Waals surface area contributed by atoms with E-state index in [0.29, 0.717) is 17.8 Å². The Morgan fingerprint density at radius 2 is 1.47 bits per heavy atom. The molecule has 0 bridgehead atoms. The molecule has 3 amide bonds. The number of hydrogen-bond donors (Lipinski definition) is 4. The van der Waals surface area contributed by atoms with Crippen LogP contribution in [0.3, 0.4) is 0 Å². The van der Waals surface area contributed by atoms with Crippen LogP contribution in [0.15, 0.2) is 78.9 Å². The lowest BCUT2D eigenvalue weighted by atomic mass is 10.00. The van der Waals surface area contributed by atoms with E-state index >= 15 is 0 Å². The molecule has 1 aliphatic rings. The number of carbonyl (C=O) groups is 2. The average Bonchev–Trinajstić information content (AvgIpc) is 3.09. The largest absolute Gasteiger partial charge is 0.354 e. The summed E-state index contributed by atoms with van der Waals surface area (Å²) in [6, 6.07) is 24.5. The number of fused-ring (bicyclic) bond motifs is 1. The Kier molecular flexibility index (Phi) is 5.48. The lowest BCUT2D eigenvalue weighted by Gasteiger charge is -2.15. The second-order valence-corrected chi connectivity index (χ2v) is 6.80. The monoisotopic (exact) mass is 398 g/mol. The van der Waals surface area contributed by atoms with Crippen LogP contribution in [0.25, 0.3) is 11.3 Å². The molecule has 1 aliphatic heterocycles. The van der Waals surface area contributed by atoms with Crippen molar-refractivity contribution in [3.05, 3.63) is 90.0 Å². The fraction of sp³-hybridized carbons (Fsp3) is 0.0833. The van der Waals surface area contributed by atoms with Crippen LogP contribution in [-0.4, -0.2) is 18.5 Å². The SMILES string of the molecule is CCNC(=O)Nc1ccc(NC(=C2C(=O)Nc3ccccc32)c2ccccc2)cc1. The van der Waals surface area contributed by atoms with E-state index in [2.05, 4.69) is 21.3 Å². The van der Waals surface area contributed by atoms with E-state index < -0.39 is 0 Å². The van der Waals surface area contributed by atoms with Gasteiger partial charge in [-0.25, -0.2) is 4.79 Å². The summed E-state index contributed by atoms with van der Waals surface area (Å²) in [5, 5.41) is 11.8. The summed E-state index contributed by atoms with van der Waals surface area (Å²) in [5.74, 6) is -0.142. The smallest absolute Gasteiger partial charge is 0.319 e. The predicted octanol–water partition coefficient (Wildman–Crippen LogP) is 4.76. The van der Waals surface area contributed by atoms with Crippen LogP contribution >= 0.6 is 0 Å². The summed E-state index contributed by atoms with van der Waals surface area (Å²) in [4.78, 5) is 24.5. The Labute approximate surface area is 175 Å². The zero-order valence-corrected chi connectivity index (χ0v) is 16.5. The Balaban J connectivity index is 1.69. The van der Waals surface area contributed by atoms with Crippen LogP contribution in [0.1, 0.15) is 18.1 Å². The van der Waals surface area contributed by atoms with Gasteiger partial charge in [-0.3, -0.25) is 4.79 Å². The van der Waals surface area contributed by atoms with Crippen LogP contribution in [0, 0.1) is 0 Å². The maximum absolute atomic E-state index is 12.8. The van der Waals surface area contributed by atoms with E-state index in [0.717, 1.165) is 28.2 Å². The van der Waals surface area contributed by atoms with Crippen LogP contribution in [-0.2, 0) is 4.79 Å². The molecule has 30 heavy (non-hydrogen) atoms. The van der Waals surface area contributed by atoms with E-state index in [9.17, 15) is 9.59 Å². The van der Waals surface area contributed by atoms with Gasteiger partial charge in [0.25, 0.3) is 5.91 Å². The van der Waals surface area contributed by atoms with Crippen molar-refractivity contribution in [2.75, 3.05) is 22.5 Å². The lowest BCUT2D eigenvalue weighted by molar-refractivity contribution is -0.110. The van der Waals surface area contributed by atoms with Gasteiger partial charge < -0.3 is 21.3 Å². The molecule has 0 radical (unpaired) electrons. The first-order chi connectivity index (χ1) is 14.7. The second kappa shape index (κ2) is 8.53. The Morgan fingerprint density at radius 1 is 0.833 bits per heavy atom. The molecule has 0 saturated heterocycles. The van der Waals surface area contributed by atoms with Gasteiger partial charge >= 0.3 is 6.03 Å². The molecule has 0 aromatic heterocycles. The Hall–Kier alpha value is -4.06. The number of nitrogens with one attached hydrogen (secondary N) is 4. The normalized spacial score (nSPS) is 13.8. The number of para-hydroxylation sites is 1. The quantitative estimate of drug-likeness (QED) is 0.468. The topological polar surface area (TPSA) is 82.3 Å². The average molecular weight is 398 g/mol. The second-order valence-electron chi connectivity index (χ2n) is 6.80. The molecule has 0 aliphatic carbocycles. The van der Waals surface area contributed by atoms with Gasteiger partial charge in [0.2, 0.25) is 0 Å². The van der Waals surface area contributed by atoms with Crippen molar-refractivity contribution in [1.29, 1.82) is 0 Å². The van der Waals surface area contributed by atoms with E-state index in [1.165, 1.54) is 0 Å². The zero-order chi connectivity index (χ0) is 20.9. The van der Waals surface area contributed by atoms with Gasteiger partial charge in [0, 0.05) is 29.2 Å². The first-order valence-corrected chi connectivity index (χ1v) is 9.78. The molecule has 3 aromatic carbocycles. The summed E-state index contributed by atoms with van der Waals surface area (Å²) in [6.45, 7) is 2.42. The summed E-state index contributed by atoms with van der Waals surface area (Å²) < 4.78 is 0. The van der Waals surface area contributed by atoms with Crippen molar-refractivity contribution in [1.82, 2.24) is 5.32 Å². The summed E-state index contributed by atoms with van der Waals surface area (Å²) in [6.07, 6.45) is 0. The molecule has 0 atom stereocenters. The minimum Gasteiger partial charge on any atom is -0.354 e. The maximum atomic E-state index is 12.8. The molecule has 4 N–H and O–H groups in total. The first kappa shape index (κ1) is 19.3. The van der Waals surface area contributed by atoms with Gasteiger partial charge in [-0.05, 0) is 42.8 Å². The Morgan fingerprint density at radius 3 is 2.17 bits per heavy atom. The van der Waals surface area contributed by atoms with Gasteiger partial charge in [0.1, 0.15) is 0 Å². The van der Waals surface area contributed by atoms with Crippen LogP contribution < -0.4 is 21.3 Å². The van der Waals surface area contributed by atoms with E-state index in [1.54, 1.807) is 0 Å². The molecule has 1 heterocycles. The molecular weight excluding hydrogens is 376 g/mol. The number of anilines is 3. The van der Waals surface area contributed by atoms with Crippen LogP contribution in [0.2, 0.25) is 0 Å². The fourth-order valence-electron chi connectivity index (χ4n) is 3.37. The minimum absolute atomic E-state index is 0.142. The van der Waals surface area contributed by atoms with Crippen molar-refractivity contribution in [2.24, 2.45) is 0 Å². The molecule has 4 rings (SSSR count).